The summed E-state index contributed by atoms with van der Waals surface area (Å²) in [7, 11) is 0. The molecule has 118 valence electrons. The third-order valence-corrected chi connectivity index (χ3v) is 4.58. The molecular formula is C16H34N4. The fourth-order valence-electron chi connectivity index (χ4n) is 2.68. The summed E-state index contributed by atoms with van der Waals surface area (Å²) in [5, 5.41) is 7.57. The first-order chi connectivity index (χ1) is 9.13. The van der Waals surface area contributed by atoms with Gasteiger partial charge in [-0.3, -0.25) is 10.3 Å². The van der Waals surface area contributed by atoms with Crippen molar-refractivity contribution in [3.8, 4) is 0 Å². The number of hydrogen-bond acceptors (Lipinski definition) is 3. The molecule has 20 heavy (non-hydrogen) atoms. The molecule has 0 aromatic heterocycles. The molecule has 0 aliphatic carbocycles. The number of nitrogens with two attached hydrogens (primary N) is 1. The van der Waals surface area contributed by atoms with Crippen molar-refractivity contribution in [3.63, 3.8) is 0 Å². The number of nitrogens with zero attached hydrogens (tertiary/aromatic N) is 2. The van der Waals surface area contributed by atoms with Crippen LogP contribution in [0.4, 0.5) is 0 Å². The van der Waals surface area contributed by atoms with Gasteiger partial charge in [-0.2, -0.15) is 0 Å². The minimum atomic E-state index is -0.134. The van der Waals surface area contributed by atoms with Crippen LogP contribution in [-0.4, -0.2) is 53.9 Å². The fourth-order valence-corrected chi connectivity index (χ4v) is 2.68. The van der Waals surface area contributed by atoms with Crippen LogP contribution < -0.4 is 5.73 Å². The summed E-state index contributed by atoms with van der Waals surface area (Å²) < 4.78 is 0. The van der Waals surface area contributed by atoms with E-state index in [0.717, 1.165) is 12.8 Å². The number of amidine groups is 1. The molecule has 1 aliphatic rings. The average molecular weight is 282 g/mol. The Kier molecular flexibility index (Phi) is 6.02. The van der Waals surface area contributed by atoms with Gasteiger partial charge in [0.1, 0.15) is 0 Å². The van der Waals surface area contributed by atoms with Gasteiger partial charge >= 0.3 is 0 Å². The van der Waals surface area contributed by atoms with Gasteiger partial charge in [-0.05, 0) is 40.2 Å². The maximum absolute atomic E-state index is 7.57. The van der Waals surface area contributed by atoms with Gasteiger partial charge in [-0.15, -0.1) is 0 Å². The zero-order chi connectivity index (χ0) is 15.4. The Bertz CT molecular complexity index is 309. The number of piperazine rings is 1. The number of nitrogens with one attached hydrogen (secondary N) is 1. The van der Waals surface area contributed by atoms with Gasteiger partial charge in [-0.25, -0.2) is 0 Å². The summed E-state index contributed by atoms with van der Waals surface area (Å²) in [6.45, 7) is 17.0. The van der Waals surface area contributed by atoms with Crippen LogP contribution in [0.3, 0.4) is 0 Å². The molecular weight excluding hydrogens is 248 g/mol. The van der Waals surface area contributed by atoms with Gasteiger partial charge in [0.25, 0.3) is 0 Å². The van der Waals surface area contributed by atoms with Crippen molar-refractivity contribution in [1.82, 2.24) is 9.80 Å². The smallest absolute Gasteiger partial charge is 0.0963 e. The molecule has 0 unspecified atom stereocenters. The van der Waals surface area contributed by atoms with E-state index in [1.807, 2.05) is 0 Å². The molecule has 0 atom stereocenters. The molecule has 1 rings (SSSR count). The molecule has 0 bridgehead atoms. The molecule has 0 amide bonds. The van der Waals surface area contributed by atoms with Crippen LogP contribution in [0.2, 0.25) is 0 Å². The van der Waals surface area contributed by atoms with Crippen molar-refractivity contribution in [2.75, 3.05) is 32.7 Å². The van der Waals surface area contributed by atoms with E-state index < -0.39 is 0 Å². The highest BCUT2D eigenvalue weighted by molar-refractivity contribution is 5.82. The molecule has 1 fully saturated rings. The normalized spacial score (nSPS) is 19.2. The van der Waals surface area contributed by atoms with Crippen molar-refractivity contribution in [2.45, 2.75) is 59.4 Å². The lowest BCUT2D eigenvalue weighted by molar-refractivity contribution is 0.0614. The zero-order valence-corrected chi connectivity index (χ0v) is 14.1. The van der Waals surface area contributed by atoms with Crippen LogP contribution in [0.1, 0.15) is 53.9 Å². The summed E-state index contributed by atoms with van der Waals surface area (Å²) in [4.78, 5) is 5.14. The lowest BCUT2D eigenvalue weighted by Crippen LogP contribution is -2.53. The van der Waals surface area contributed by atoms with Crippen molar-refractivity contribution in [1.29, 1.82) is 5.41 Å². The van der Waals surface area contributed by atoms with E-state index in [1.54, 1.807) is 0 Å². The van der Waals surface area contributed by atoms with E-state index in [1.165, 1.54) is 39.1 Å². The standard InChI is InChI=1S/C16H34N4/c1-15(2,3)20-12-10-19(11-13-20)9-7-6-8-16(4,5)14(17)18/h6-13H2,1-5H3,(H3,17,18). The largest absolute Gasteiger partial charge is 0.387 e. The highest BCUT2D eigenvalue weighted by Gasteiger charge is 2.25. The van der Waals surface area contributed by atoms with Crippen molar-refractivity contribution < 1.29 is 0 Å². The SMILES string of the molecule is CC(C)(CCCCN1CCN(C(C)(C)C)CC1)C(=N)N. The van der Waals surface area contributed by atoms with E-state index >= 15 is 0 Å². The van der Waals surface area contributed by atoms with Gasteiger partial charge < -0.3 is 10.6 Å². The van der Waals surface area contributed by atoms with Crippen LogP contribution >= 0.6 is 0 Å². The van der Waals surface area contributed by atoms with Crippen LogP contribution in [0, 0.1) is 10.8 Å². The van der Waals surface area contributed by atoms with E-state index in [0.29, 0.717) is 11.4 Å². The molecule has 1 aliphatic heterocycles. The summed E-state index contributed by atoms with van der Waals surface area (Å²) in [6, 6.07) is 0. The minimum absolute atomic E-state index is 0.134. The van der Waals surface area contributed by atoms with Gasteiger partial charge in [-0.1, -0.05) is 20.3 Å². The summed E-state index contributed by atoms with van der Waals surface area (Å²) >= 11 is 0. The second-order valence-electron chi connectivity index (χ2n) is 7.75. The average Bonchev–Trinajstić information content (AvgIpc) is 2.34. The monoisotopic (exact) mass is 282 g/mol. The third kappa shape index (κ3) is 5.41. The Morgan fingerprint density at radius 3 is 2.00 bits per heavy atom. The van der Waals surface area contributed by atoms with Crippen molar-refractivity contribution >= 4 is 5.84 Å². The Balaban J connectivity index is 2.18. The Morgan fingerprint density at radius 2 is 1.55 bits per heavy atom. The van der Waals surface area contributed by atoms with E-state index in [4.69, 9.17) is 11.1 Å². The Labute approximate surface area is 125 Å². The Morgan fingerprint density at radius 1 is 1.00 bits per heavy atom. The first kappa shape index (κ1) is 17.4. The molecule has 0 aromatic carbocycles. The predicted octanol–water partition coefficient (Wildman–Crippen LogP) is 2.53. The molecule has 4 nitrogen and oxygen atoms in total. The first-order valence-corrected chi connectivity index (χ1v) is 7.95. The summed E-state index contributed by atoms with van der Waals surface area (Å²) in [6.07, 6.45) is 3.39. The fraction of sp³-hybridized carbons (Fsp3) is 0.938. The van der Waals surface area contributed by atoms with Gasteiger partial charge in [0.05, 0.1) is 5.84 Å². The van der Waals surface area contributed by atoms with Gasteiger partial charge in [0.2, 0.25) is 0 Å². The highest BCUT2D eigenvalue weighted by Crippen LogP contribution is 2.23. The highest BCUT2D eigenvalue weighted by atomic mass is 15.3. The van der Waals surface area contributed by atoms with Crippen LogP contribution in [0.25, 0.3) is 0 Å². The lowest BCUT2D eigenvalue weighted by atomic mass is 9.86. The molecule has 0 saturated carbocycles. The van der Waals surface area contributed by atoms with Crippen LogP contribution in [0.15, 0.2) is 0 Å². The lowest BCUT2D eigenvalue weighted by Gasteiger charge is -2.42. The summed E-state index contributed by atoms with van der Waals surface area (Å²) in [5.74, 6) is 0.316. The quantitative estimate of drug-likeness (QED) is 0.447. The maximum Gasteiger partial charge on any atom is 0.0963 e. The number of unbranched alkanes of at least 4 members (excludes halogenated alkanes) is 1. The van der Waals surface area contributed by atoms with Crippen molar-refractivity contribution in [2.24, 2.45) is 11.1 Å². The van der Waals surface area contributed by atoms with Crippen LogP contribution in [-0.2, 0) is 0 Å². The Hall–Kier alpha value is -0.610. The predicted molar refractivity (Wildman–Crippen MR) is 87.3 cm³/mol. The van der Waals surface area contributed by atoms with E-state index in [-0.39, 0.29) is 5.41 Å². The van der Waals surface area contributed by atoms with Gasteiger partial charge in [0.15, 0.2) is 0 Å². The molecule has 4 heteroatoms. The maximum atomic E-state index is 7.57. The second kappa shape index (κ2) is 6.90. The molecule has 1 heterocycles. The zero-order valence-electron chi connectivity index (χ0n) is 14.1. The topological polar surface area (TPSA) is 56.4 Å². The molecule has 0 spiro atoms. The second-order valence-corrected chi connectivity index (χ2v) is 7.75. The third-order valence-electron chi connectivity index (χ3n) is 4.58. The van der Waals surface area contributed by atoms with E-state index in [2.05, 4.69) is 44.4 Å². The van der Waals surface area contributed by atoms with Crippen LogP contribution in [0.5, 0.6) is 0 Å². The summed E-state index contributed by atoms with van der Waals surface area (Å²) in [5.41, 5.74) is 5.79. The minimum Gasteiger partial charge on any atom is -0.387 e. The first-order valence-electron chi connectivity index (χ1n) is 7.95. The molecule has 0 radical (unpaired) electrons. The van der Waals surface area contributed by atoms with Gasteiger partial charge in [0, 0.05) is 37.1 Å². The molecule has 0 aromatic rings. The molecule has 1 saturated heterocycles. The van der Waals surface area contributed by atoms with E-state index in [9.17, 15) is 0 Å². The van der Waals surface area contributed by atoms with Crippen molar-refractivity contribution in [3.05, 3.63) is 0 Å². The number of rotatable bonds is 6. The molecule has 3 N–H and O–H groups in total. The number of hydrogen-bond donors (Lipinski definition) is 2.